The van der Waals surface area contributed by atoms with Crippen molar-refractivity contribution >= 4 is 12.1 Å². The number of nitrogens with one attached hydrogen (secondary N) is 1. The summed E-state index contributed by atoms with van der Waals surface area (Å²) in [5.74, 6) is 0.764. The summed E-state index contributed by atoms with van der Waals surface area (Å²) in [5.41, 5.74) is 3.98. The van der Waals surface area contributed by atoms with Crippen molar-refractivity contribution in [1.29, 1.82) is 5.26 Å². The molecule has 0 aliphatic heterocycles. The Kier molecular flexibility index (Phi) is 5.35. The largest absolute Gasteiger partial charge is 0.493 e. The highest BCUT2D eigenvalue weighted by atomic mass is 16.5. The molecule has 0 atom stereocenters. The van der Waals surface area contributed by atoms with Crippen molar-refractivity contribution < 1.29 is 14.3 Å². The number of aryl methyl sites for hydroxylation is 1. The van der Waals surface area contributed by atoms with Crippen LogP contribution in [0.15, 0.2) is 17.2 Å². The number of methoxy groups -OCH3 is 2. The summed E-state index contributed by atoms with van der Waals surface area (Å²) < 4.78 is 10.4. The lowest BCUT2D eigenvalue weighted by Gasteiger charge is -2.10. The number of nitriles is 1. The minimum absolute atomic E-state index is 0.220. The van der Waals surface area contributed by atoms with Crippen LogP contribution < -0.4 is 14.9 Å². The Morgan fingerprint density at radius 2 is 2.05 bits per heavy atom. The zero-order chi connectivity index (χ0) is 14.3. The van der Waals surface area contributed by atoms with E-state index >= 15 is 0 Å². The van der Waals surface area contributed by atoms with Crippen molar-refractivity contribution in [2.45, 2.75) is 13.3 Å². The molecule has 1 rings (SSSR count). The van der Waals surface area contributed by atoms with Crippen LogP contribution in [-0.4, -0.2) is 26.3 Å². The van der Waals surface area contributed by atoms with E-state index in [4.69, 9.17) is 14.7 Å². The van der Waals surface area contributed by atoms with Gasteiger partial charge in [-0.25, -0.2) is 5.43 Å². The monoisotopic (exact) mass is 261 g/mol. The second-order valence-corrected chi connectivity index (χ2v) is 3.69. The first-order valence-electron chi connectivity index (χ1n) is 5.53. The number of hydrazone groups is 1. The van der Waals surface area contributed by atoms with E-state index in [9.17, 15) is 4.79 Å². The predicted molar refractivity (Wildman–Crippen MR) is 70.2 cm³/mol. The van der Waals surface area contributed by atoms with Crippen LogP contribution in [0.25, 0.3) is 0 Å². The van der Waals surface area contributed by atoms with E-state index < -0.39 is 5.91 Å². The third-order valence-electron chi connectivity index (χ3n) is 2.40. The SMILES string of the molecule is COc1cc(C)c(C=NNC(=O)CC#N)cc1OC. The topological polar surface area (TPSA) is 83.7 Å². The van der Waals surface area contributed by atoms with Gasteiger partial charge in [0.25, 0.3) is 5.91 Å². The average Bonchev–Trinajstić information content (AvgIpc) is 2.40. The van der Waals surface area contributed by atoms with Gasteiger partial charge in [-0.3, -0.25) is 4.79 Å². The van der Waals surface area contributed by atoms with E-state index in [-0.39, 0.29) is 6.42 Å². The van der Waals surface area contributed by atoms with E-state index in [0.717, 1.165) is 11.1 Å². The first kappa shape index (κ1) is 14.5. The van der Waals surface area contributed by atoms with Crippen molar-refractivity contribution in [2.75, 3.05) is 14.2 Å². The molecular weight excluding hydrogens is 246 g/mol. The lowest BCUT2D eigenvalue weighted by Crippen LogP contribution is -2.16. The van der Waals surface area contributed by atoms with Crippen LogP contribution in [0.1, 0.15) is 17.5 Å². The Morgan fingerprint density at radius 3 is 2.63 bits per heavy atom. The molecule has 1 aromatic rings. The maximum absolute atomic E-state index is 11.0. The highest BCUT2D eigenvalue weighted by molar-refractivity contribution is 5.85. The first-order chi connectivity index (χ1) is 9.12. The number of rotatable bonds is 5. The summed E-state index contributed by atoms with van der Waals surface area (Å²) in [6, 6.07) is 5.31. The summed E-state index contributed by atoms with van der Waals surface area (Å²) in [6.07, 6.45) is 1.27. The number of benzene rings is 1. The van der Waals surface area contributed by atoms with Gasteiger partial charge in [-0.15, -0.1) is 0 Å². The zero-order valence-corrected chi connectivity index (χ0v) is 11.1. The molecule has 0 bridgehead atoms. The second-order valence-electron chi connectivity index (χ2n) is 3.69. The standard InChI is InChI=1S/C13H15N3O3/c1-9-6-11(18-2)12(19-3)7-10(9)8-15-16-13(17)4-5-14/h6-8H,4H2,1-3H3,(H,16,17). The summed E-state index contributed by atoms with van der Waals surface area (Å²) in [7, 11) is 3.11. The number of carbonyl (C=O) groups is 1. The summed E-state index contributed by atoms with van der Waals surface area (Å²) >= 11 is 0. The highest BCUT2D eigenvalue weighted by Crippen LogP contribution is 2.29. The molecule has 0 heterocycles. The van der Waals surface area contributed by atoms with Gasteiger partial charge >= 0.3 is 0 Å². The van der Waals surface area contributed by atoms with E-state index in [1.54, 1.807) is 26.4 Å². The second kappa shape index (κ2) is 7.01. The number of hydrogen-bond acceptors (Lipinski definition) is 5. The van der Waals surface area contributed by atoms with Gasteiger partial charge in [-0.2, -0.15) is 10.4 Å². The molecular formula is C13H15N3O3. The third-order valence-corrected chi connectivity index (χ3v) is 2.40. The predicted octanol–water partition coefficient (Wildman–Crippen LogP) is 1.38. The number of carbonyl (C=O) groups excluding carboxylic acids is 1. The van der Waals surface area contributed by atoms with E-state index in [0.29, 0.717) is 11.5 Å². The quantitative estimate of drug-likeness (QED) is 0.641. The number of amides is 1. The normalized spacial score (nSPS) is 10.0. The van der Waals surface area contributed by atoms with Crippen LogP contribution >= 0.6 is 0 Å². The summed E-state index contributed by atoms with van der Waals surface area (Å²) in [5, 5.41) is 12.1. The van der Waals surface area contributed by atoms with Crippen LogP contribution in [-0.2, 0) is 4.79 Å². The lowest BCUT2D eigenvalue weighted by molar-refractivity contribution is -0.120. The number of hydrogen-bond donors (Lipinski definition) is 1. The molecule has 0 aliphatic carbocycles. The maximum atomic E-state index is 11.0. The molecule has 1 amide bonds. The van der Waals surface area contributed by atoms with Crippen LogP contribution in [0.2, 0.25) is 0 Å². The fourth-order valence-corrected chi connectivity index (χ4v) is 1.42. The Bertz CT molecular complexity index is 533. The molecule has 0 radical (unpaired) electrons. The summed E-state index contributed by atoms with van der Waals surface area (Å²) in [4.78, 5) is 11.0. The fourth-order valence-electron chi connectivity index (χ4n) is 1.42. The molecule has 6 heteroatoms. The molecule has 0 saturated carbocycles. The van der Waals surface area contributed by atoms with Crippen molar-refractivity contribution in [2.24, 2.45) is 5.10 Å². The molecule has 0 unspecified atom stereocenters. The van der Waals surface area contributed by atoms with Crippen molar-refractivity contribution in [3.05, 3.63) is 23.3 Å². The maximum Gasteiger partial charge on any atom is 0.254 e. The summed E-state index contributed by atoms with van der Waals surface area (Å²) in [6.45, 7) is 1.89. The van der Waals surface area contributed by atoms with Gasteiger partial charge in [-0.05, 0) is 24.6 Å². The molecule has 6 nitrogen and oxygen atoms in total. The average molecular weight is 261 g/mol. The first-order valence-corrected chi connectivity index (χ1v) is 5.53. The Morgan fingerprint density at radius 1 is 1.42 bits per heavy atom. The van der Waals surface area contributed by atoms with E-state index in [1.807, 2.05) is 13.0 Å². The van der Waals surface area contributed by atoms with Crippen molar-refractivity contribution in [1.82, 2.24) is 5.43 Å². The van der Waals surface area contributed by atoms with Crippen molar-refractivity contribution in [3.8, 4) is 17.6 Å². The van der Waals surface area contributed by atoms with E-state index in [1.165, 1.54) is 6.21 Å². The van der Waals surface area contributed by atoms with Gasteiger partial charge in [-0.1, -0.05) is 0 Å². The van der Waals surface area contributed by atoms with Gasteiger partial charge in [0.15, 0.2) is 11.5 Å². The third kappa shape index (κ3) is 4.00. The molecule has 1 N–H and O–H groups in total. The number of nitrogens with zero attached hydrogens (tertiary/aromatic N) is 2. The Balaban J connectivity index is 2.87. The Labute approximate surface area is 111 Å². The van der Waals surface area contributed by atoms with Gasteiger partial charge in [0.2, 0.25) is 0 Å². The minimum Gasteiger partial charge on any atom is -0.493 e. The molecule has 1 aromatic carbocycles. The van der Waals surface area contributed by atoms with Gasteiger partial charge in [0, 0.05) is 5.56 Å². The van der Waals surface area contributed by atoms with Gasteiger partial charge in [0.05, 0.1) is 26.5 Å². The lowest BCUT2D eigenvalue weighted by atomic mass is 10.1. The van der Waals surface area contributed by atoms with Gasteiger partial charge < -0.3 is 9.47 Å². The fraction of sp³-hybridized carbons (Fsp3) is 0.308. The molecule has 0 saturated heterocycles. The molecule has 0 aliphatic rings. The van der Waals surface area contributed by atoms with Crippen LogP contribution in [0.5, 0.6) is 11.5 Å². The number of ether oxygens (including phenoxy) is 2. The molecule has 0 spiro atoms. The molecule has 0 fully saturated rings. The van der Waals surface area contributed by atoms with Gasteiger partial charge in [0.1, 0.15) is 6.42 Å². The highest BCUT2D eigenvalue weighted by Gasteiger charge is 2.07. The molecule has 100 valence electrons. The smallest absolute Gasteiger partial charge is 0.254 e. The van der Waals surface area contributed by atoms with Crippen LogP contribution in [0, 0.1) is 18.3 Å². The Hall–Kier alpha value is -2.55. The van der Waals surface area contributed by atoms with Crippen molar-refractivity contribution in [3.63, 3.8) is 0 Å². The van der Waals surface area contributed by atoms with Crippen LogP contribution in [0.3, 0.4) is 0 Å². The van der Waals surface area contributed by atoms with E-state index in [2.05, 4.69) is 10.5 Å². The zero-order valence-electron chi connectivity index (χ0n) is 11.1. The minimum atomic E-state index is -0.447. The molecule has 19 heavy (non-hydrogen) atoms. The van der Waals surface area contributed by atoms with Crippen LogP contribution in [0.4, 0.5) is 0 Å². The molecule has 0 aromatic heterocycles.